The maximum atomic E-state index is 14.7. The first kappa shape index (κ1) is 20.6. The summed E-state index contributed by atoms with van der Waals surface area (Å²) in [4.78, 5) is 0. The molecule has 26 heavy (non-hydrogen) atoms. The summed E-state index contributed by atoms with van der Waals surface area (Å²) in [5.41, 5.74) is 0.474. The molecule has 0 spiro atoms. The number of ether oxygens (including phenoxy) is 1. The van der Waals surface area contributed by atoms with Gasteiger partial charge in [-0.25, -0.2) is 8.78 Å². The third kappa shape index (κ3) is 4.73. The summed E-state index contributed by atoms with van der Waals surface area (Å²) in [6.07, 6.45) is 5.54. The average Bonchev–Trinajstić information content (AvgIpc) is 2.64. The molecule has 0 aliphatic heterocycles. The zero-order valence-corrected chi connectivity index (χ0v) is 15.9. The van der Waals surface area contributed by atoms with Crippen LogP contribution in [0.4, 0.5) is 13.2 Å². The van der Waals surface area contributed by atoms with Crippen molar-refractivity contribution in [2.45, 2.75) is 52.4 Å². The molecule has 0 fully saturated rings. The van der Waals surface area contributed by atoms with Crippen LogP contribution in [-0.4, -0.2) is 6.61 Å². The Morgan fingerprint density at radius 1 is 0.808 bits per heavy atom. The molecule has 0 aliphatic carbocycles. The average molecular weight is 385 g/mol. The van der Waals surface area contributed by atoms with Crippen molar-refractivity contribution < 1.29 is 17.9 Å². The van der Waals surface area contributed by atoms with E-state index in [1.54, 1.807) is 6.07 Å². The van der Waals surface area contributed by atoms with Crippen LogP contribution in [0, 0.1) is 17.5 Å². The number of unbranched alkanes of at least 4 members (excludes halogenated alkanes) is 3. The first-order chi connectivity index (χ1) is 12.5. The number of hydrogen-bond acceptors (Lipinski definition) is 1. The second-order valence-corrected chi connectivity index (χ2v) is 6.68. The van der Waals surface area contributed by atoms with Gasteiger partial charge in [0, 0.05) is 11.1 Å². The topological polar surface area (TPSA) is 9.23 Å². The number of hydrogen-bond donors (Lipinski definition) is 0. The minimum absolute atomic E-state index is 0.0230. The largest absolute Gasteiger partial charge is 0.490 e. The summed E-state index contributed by atoms with van der Waals surface area (Å²) in [5, 5.41) is -0.0230. The highest BCUT2D eigenvalue weighted by Gasteiger charge is 2.20. The van der Waals surface area contributed by atoms with Crippen molar-refractivity contribution in [1.82, 2.24) is 0 Å². The molecule has 2 rings (SSSR count). The second kappa shape index (κ2) is 9.86. The van der Waals surface area contributed by atoms with E-state index >= 15 is 0 Å². The molecular weight excluding hydrogens is 361 g/mol. The van der Waals surface area contributed by atoms with Crippen LogP contribution in [-0.2, 0) is 6.42 Å². The van der Waals surface area contributed by atoms with Gasteiger partial charge in [0.15, 0.2) is 11.6 Å². The van der Waals surface area contributed by atoms with Crippen LogP contribution in [0.3, 0.4) is 0 Å². The lowest BCUT2D eigenvalue weighted by Crippen LogP contribution is -2.01. The van der Waals surface area contributed by atoms with Gasteiger partial charge in [0.1, 0.15) is 5.82 Å². The highest BCUT2D eigenvalue weighted by atomic mass is 35.5. The first-order valence-electron chi connectivity index (χ1n) is 9.09. The lowest BCUT2D eigenvalue weighted by molar-refractivity contribution is 0.295. The molecule has 0 heterocycles. The Kier molecular flexibility index (Phi) is 7.83. The van der Waals surface area contributed by atoms with E-state index < -0.39 is 17.5 Å². The Morgan fingerprint density at radius 2 is 1.50 bits per heavy atom. The van der Waals surface area contributed by atoms with E-state index in [0.717, 1.165) is 25.7 Å². The summed E-state index contributed by atoms with van der Waals surface area (Å²) in [6, 6.07) is 5.78. The quantitative estimate of drug-likeness (QED) is 0.411. The standard InChI is InChI=1S/C21H24ClF3O/c1-3-5-6-7-8-14-9-10-15(19(23)18(14)22)16-11-12-17(26-13-4-2)21(25)20(16)24/h9-12H,3-8,13H2,1-2H3. The molecule has 1 nitrogen and oxygen atoms in total. The Hall–Kier alpha value is -1.68. The molecule has 2 aromatic carbocycles. The molecule has 2 aromatic rings. The van der Waals surface area contributed by atoms with Gasteiger partial charge >= 0.3 is 0 Å². The fourth-order valence-electron chi connectivity index (χ4n) is 2.80. The number of benzene rings is 2. The number of rotatable bonds is 9. The SMILES string of the molecule is CCCCCCc1ccc(-c2ccc(OCCC)c(F)c2F)c(F)c1Cl. The lowest BCUT2D eigenvalue weighted by atomic mass is 9.99. The van der Waals surface area contributed by atoms with Gasteiger partial charge in [-0.2, -0.15) is 4.39 Å². The third-order valence-electron chi connectivity index (χ3n) is 4.26. The van der Waals surface area contributed by atoms with Gasteiger partial charge in [0.2, 0.25) is 5.82 Å². The van der Waals surface area contributed by atoms with E-state index in [9.17, 15) is 13.2 Å². The molecule has 0 saturated heterocycles. The predicted molar refractivity (Wildman–Crippen MR) is 100 cm³/mol. The minimum Gasteiger partial charge on any atom is -0.490 e. The maximum Gasteiger partial charge on any atom is 0.201 e. The van der Waals surface area contributed by atoms with Crippen molar-refractivity contribution in [2.75, 3.05) is 6.61 Å². The van der Waals surface area contributed by atoms with Crippen LogP contribution in [0.25, 0.3) is 11.1 Å². The molecule has 0 atom stereocenters. The second-order valence-electron chi connectivity index (χ2n) is 6.30. The van der Waals surface area contributed by atoms with Crippen molar-refractivity contribution in [2.24, 2.45) is 0 Å². The number of halogens is 4. The minimum atomic E-state index is -1.13. The van der Waals surface area contributed by atoms with E-state index in [4.69, 9.17) is 16.3 Å². The zero-order valence-electron chi connectivity index (χ0n) is 15.2. The molecule has 0 N–H and O–H groups in total. The molecule has 0 unspecified atom stereocenters. The summed E-state index contributed by atoms with van der Waals surface area (Å²) >= 11 is 6.14. The molecule has 142 valence electrons. The van der Waals surface area contributed by atoms with Crippen LogP contribution in [0.5, 0.6) is 5.75 Å². The van der Waals surface area contributed by atoms with Gasteiger partial charge in [-0.3, -0.25) is 0 Å². The van der Waals surface area contributed by atoms with Crippen molar-refractivity contribution in [1.29, 1.82) is 0 Å². The highest BCUT2D eigenvalue weighted by molar-refractivity contribution is 6.31. The lowest BCUT2D eigenvalue weighted by Gasteiger charge is -2.13. The van der Waals surface area contributed by atoms with Crippen molar-refractivity contribution in [3.63, 3.8) is 0 Å². The molecule has 0 aliphatic rings. The molecule has 0 radical (unpaired) electrons. The van der Waals surface area contributed by atoms with E-state index in [2.05, 4.69) is 6.92 Å². The van der Waals surface area contributed by atoms with Gasteiger partial charge in [0.05, 0.1) is 11.6 Å². The van der Waals surface area contributed by atoms with E-state index in [1.165, 1.54) is 18.2 Å². The van der Waals surface area contributed by atoms with Crippen LogP contribution in [0.15, 0.2) is 24.3 Å². The third-order valence-corrected chi connectivity index (χ3v) is 4.67. The van der Waals surface area contributed by atoms with Crippen LogP contribution >= 0.6 is 11.6 Å². The van der Waals surface area contributed by atoms with E-state index in [1.807, 2.05) is 6.92 Å². The smallest absolute Gasteiger partial charge is 0.201 e. The molecule has 0 bridgehead atoms. The van der Waals surface area contributed by atoms with E-state index in [-0.39, 0.29) is 28.5 Å². The summed E-state index contributed by atoms with van der Waals surface area (Å²) in [7, 11) is 0. The Balaban J connectivity index is 2.29. The van der Waals surface area contributed by atoms with Gasteiger partial charge in [-0.05, 0) is 37.0 Å². The Morgan fingerprint density at radius 3 is 2.19 bits per heavy atom. The predicted octanol–water partition coefficient (Wildman–Crippen LogP) is 7.34. The molecule has 0 amide bonds. The highest BCUT2D eigenvalue weighted by Crippen LogP contribution is 2.35. The van der Waals surface area contributed by atoms with Gasteiger partial charge in [-0.1, -0.05) is 56.8 Å². The fourth-order valence-corrected chi connectivity index (χ4v) is 3.06. The first-order valence-corrected chi connectivity index (χ1v) is 9.47. The van der Waals surface area contributed by atoms with Crippen molar-refractivity contribution in [3.05, 3.63) is 52.3 Å². The molecular formula is C21H24ClF3O. The molecule has 0 aromatic heterocycles. The van der Waals surface area contributed by atoms with Crippen LogP contribution in [0.2, 0.25) is 5.02 Å². The van der Waals surface area contributed by atoms with E-state index in [0.29, 0.717) is 18.4 Å². The van der Waals surface area contributed by atoms with Gasteiger partial charge < -0.3 is 4.74 Å². The molecule has 5 heteroatoms. The summed E-state index contributed by atoms with van der Waals surface area (Å²) in [5.74, 6) is -3.15. The Labute approximate surface area is 158 Å². The summed E-state index contributed by atoms with van der Waals surface area (Å²) in [6.45, 7) is 4.26. The fraction of sp³-hybridized carbons (Fsp3) is 0.429. The molecule has 0 saturated carbocycles. The summed E-state index contributed by atoms with van der Waals surface area (Å²) < 4.78 is 48.4. The maximum absolute atomic E-state index is 14.7. The zero-order chi connectivity index (χ0) is 19.1. The number of aryl methyl sites for hydroxylation is 1. The van der Waals surface area contributed by atoms with Gasteiger partial charge in [-0.15, -0.1) is 0 Å². The van der Waals surface area contributed by atoms with Crippen LogP contribution in [0.1, 0.15) is 51.5 Å². The van der Waals surface area contributed by atoms with Gasteiger partial charge in [0.25, 0.3) is 0 Å². The normalized spacial score (nSPS) is 11.0. The monoisotopic (exact) mass is 384 g/mol. The van der Waals surface area contributed by atoms with Crippen molar-refractivity contribution >= 4 is 11.6 Å². The van der Waals surface area contributed by atoms with Crippen LogP contribution < -0.4 is 4.74 Å². The Bertz CT molecular complexity index is 747. The van der Waals surface area contributed by atoms with Crippen molar-refractivity contribution in [3.8, 4) is 16.9 Å².